The molecule has 0 fully saturated rings. The summed E-state index contributed by atoms with van der Waals surface area (Å²) in [6.45, 7) is 4.39. The van der Waals surface area contributed by atoms with E-state index in [1.807, 2.05) is 12.2 Å². The van der Waals surface area contributed by atoms with E-state index in [4.69, 9.17) is 14.2 Å². The number of unbranched alkanes of at least 4 members (excludes halogenated alkanes) is 10. The fraction of sp³-hybridized carbons (Fsp3) is 0.725. The molecule has 0 rings (SSSR count). The second-order valence-corrected chi connectivity index (χ2v) is 13.4. The first kappa shape index (κ1) is 45.3. The number of carboxylic acid groups (broad SMARTS) is 1. The highest BCUT2D eigenvalue weighted by molar-refractivity contribution is 5.70. The van der Waals surface area contributed by atoms with Crippen molar-refractivity contribution in [3.8, 4) is 0 Å². The molecule has 0 aliphatic rings. The van der Waals surface area contributed by atoms with Crippen molar-refractivity contribution in [3.05, 3.63) is 48.6 Å². The van der Waals surface area contributed by atoms with Gasteiger partial charge in [0.2, 0.25) is 0 Å². The number of rotatable bonds is 32. The lowest BCUT2D eigenvalue weighted by Gasteiger charge is -2.34. The number of aliphatic carboxylic acids is 1. The Morgan fingerprint density at radius 1 is 0.646 bits per heavy atom. The van der Waals surface area contributed by atoms with E-state index in [2.05, 4.69) is 50.3 Å². The molecule has 0 N–H and O–H groups in total. The Morgan fingerprint density at radius 3 is 1.79 bits per heavy atom. The molecule has 0 aliphatic heterocycles. The summed E-state index contributed by atoms with van der Waals surface area (Å²) in [5.41, 5.74) is 0. The summed E-state index contributed by atoms with van der Waals surface area (Å²) in [6, 6.07) is -0.734. The maximum Gasteiger partial charge on any atom is 0.306 e. The largest absolute Gasteiger partial charge is 0.544 e. The van der Waals surface area contributed by atoms with E-state index in [-0.39, 0.29) is 43.1 Å². The predicted octanol–water partition coefficient (Wildman–Crippen LogP) is 7.96. The van der Waals surface area contributed by atoms with Crippen molar-refractivity contribution in [1.82, 2.24) is 0 Å². The SMILES string of the molecule is CC/C=C/C/C=C/CCC(=O)OC(COCCC(C(=O)[O-])[N+](C)(C)C)COC(=O)CCCCCCCCC/C=C/C/C=C/CCCCC. The highest BCUT2D eigenvalue weighted by atomic mass is 16.6. The van der Waals surface area contributed by atoms with Crippen molar-refractivity contribution < 1.29 is 38.2 Å². The number of hydrogen-bond donors (Lipinski definition) is 0. The van der Waals surface area contributed by atoms with Gasteiger partial charge in [0.1, 0.15) is 12.6 Å². The minimum Gasteiger partial charge on any atom is -0.544 e. The Bertz CT molecular complexity index is 932. The third-order valence-corrected chi connectivity index (χ3v) is 7.96. The minimum absolute atomic E-state index is 0.0134. The topological polar surface area (TPSA) is 102 Å². The summed E-state index contributed by atoms with van der Waals surface area (Å²) in [4.78, 5) is 36.4. The lowest BCUT2D eigenvalue weighted by Crippen LogP contribution is -2.55. The second-order valence-electron chi connectivity index (χ2n) is 13.4. The van der Waals surface area contributed by atoms with Gasteiger partial charge in [0, 0.05) is 19.3 Å². The van der Waals surface area contributed by atoms with Gasteiger partial charge >= 0.3 is 11.9 Å². The summed E-state index contributed by atoms with van der Waals surface area (Å²) in [5.74, 6) is -1.85. The zero-order valence-corrected chi connectivity index (χ0v) is 31.1. The van der Waals surface area contributed by atoms with Crippen LogP contribution in [0.5, 0.6) is 0 Å². The number of carbonyl (C=O) groups excluding carboxylic acids is 3. The number of hydrogen-bond acceptors (Lipinski definition) is 7. The monoisotopic (exact) mass is 676 g/mol. The van der Waals surface area contributed by atoms with E-state index in [1.165, 1.54) is 51.4 Å². The molecule has 0 saturated carbocycles. The smallest absolute Gasteiger partial charge is 0.306 e. The molecule has 0 bridgehead atoms. The lowest BCUT2D eigenvalue weighted by atomic mass is 10.1. The molecule has 0 aliphatic carbocycles. The van der Waals surface area contributed by atoms with Gasteiger partial charge in [-0.1, -0.05) is 107 Å². The quantitative estimate of drug-likeness (QED) is 0.0309. The van der Waals surface area contributed by atoms with Gasteiger partial charge in [-0.25, -0.2) is 0 Å². The van der Waals surface area contributed by atoms with Gasteiger partial charge in [0.15, 0.2) is 6.10 Å². The van der Waals surface area contributed by atoms with Crippen LogP contribution in [0.25, 0.3) is 0 Å². The van der Waals surface area contributed by atoms with Crippen LogP contribution < -0.4 is 5.11 Å². The van der Waals surface area contributed by atoms with Crippen LogP contribution in [0.4, 0.5) is 0 Å². The zero-order chi connectivity index (χ0) is 35.7. The van der Waals surface area contributed by atoms with Crippen LogP contribution in [0, 0.1) is 0 Å². The van der Waals surface area contributed by atoms with Gasteiger partial charge < -0.3 is 28.6 Å². The molecule has 48 heavy (non-hydrogen) atoms. The Hall–Kier alpha value is -2.71. The first-order valence-electron chi connectivity index (χ1n) is 18.7. The second kappa shape index (κ2) is 31.6. The first-order valence-corrected chi connectivity index (χ1v) is 18.7. The minimum atomic E-state index is -1.14. The Kier molecular flexibility index (Phi) is 29.8. The Morgan fingerprint density at radius 2 is 1.21 bits per heavy atom. The number of allylic oxidation sites excluding steroid dienone is 8. The van der Waals surface area contributed by atoms with E-state index in [0.29, 0.717) is 12.8 Å². The highest BCUT2D eigenvalue weighted by Crippen LogP contribution is 2.12. The Balaban J connectivity index is 4.35. The molecule has 0 amide bonds. The van der Waals surface area contributed by atoms with Crippen molar-refractivity contribution in [2.45, 2.75) is 148 Å². The molecule has 2 unspecified atom stereocenters. The molecular formula is C40H69NO7. The van der Waals surface area contributed by atoms with Crippen molar-refractivity contribution >= 4 is 17.9 Å². The number of nitrogens with zero attached hydrogens (tertiary/aromatic N) is 1. The van der Waals surface area contributed by atoms with E-state index < -0.39 is 24.1 Å². The summed E-state index contributed by atoms with van der Waals surface area (Å²) in [7, 11) is 5.36. The molecular weight excluding hydrogens is 606 g/mol. The van der Waals surface area contributed by atoms with Crippen molar-refractivity contribution in [2.24, 2.45) is 0 Å². The van der Waals surface area contributed by atoms with Gasteiger partial charge in [-0.15, -0.1) is 0 Å². The van der Waals surface area contributed by atoms with Gasteiger partial charge in [-0.3, -0.25) is 9.59 Å². The van der Waals surface area contributed by atoms with Crippen LogP contribution in [-0.4, -0.2) is 75.5 Å². The van der Waals surface area contributed by atoms with E-state index in [9.17, 15) is 19.5 Å². The average Bonchev–Trinajstić information content (AvgIpc) is 3.03. The van der Waals surface area contributed by atoms with Crippen LogP contribution in [0.2, 0.25) is 0 Å². The number of carboxylic acids is 1. The van der Waals surface area contributed by atoms with Crippen molar-refractivity contribution in [3.63, 3.8) is 0 Å². The third-order valence-electron chi connectivity index (χ3n) is 7.96. The molecule has 0 spiro atoms. The molecule has 8 nitrogen and oxygen atoms in total. The fourth-order valence-electron chi connectivity index (χ4n) is 5.04. The zero-order valence-electron chi connectivity index (χ0n) is 31.1. The molecule has 0 saturated heterocycles. The molecule has 0 aromatic heterocycles. The van der Waals surface area contributed by atoms with Crippen LogP contribution in [-0.2, 0) is 28.6 Å². The summed E-state index contributed by atoms with van der Waals surface area (Å²) < 4.78 is 16.9. The number of carbonyl (C=O) groups is 3. The van der Waals surface area contributed by atoms with Crippen molar-refractivity contribution in [1.29, 1.82) is 0 Å². The van der Waals surface area contributed by atoms with Gasteiger partial charge in [0.25, 0.3) is 0 Å². The molecule has 0 aromatic rings. The van der Waals surface area contributed by atoms with Gasteiger partial charge in [-0.2, -0.15) is 0 Å². The maximum atomic E-state index is 12.5. The van der Waals surface area contributed by atoms with Crippen molar-refractivity contribution in [2.75, 3.05) is 41.0 Å². The van der Waals surface area contributed by atoms with Crippen LogP contribution in [0.3, 0.4) is 0 Å². The van der Waals surface area contributed by atoms with E-state index in [0.717, 1.165) is 44.9 Å². The van der Waals surface area contributed by atoms with Crippen LogP contribution in [0.15, 0.2) is 48.6 Å². The number of ether oxygens (including phenoxy) is 3. The van der Waals surface area contributed by atoms with Crippen LogP contribution in [0.1, 0.15) is 136 Å². The standard InChI is InChI=1S/C40H69NO7/c1-6-8-10-12-14-15-16-17-18-19-20-21-22-23-25-26-28-30-38(42)47-35-36(34-46-33-32-37(40(44)45)41(3,4)5)48-39(43)31-29-27-24-13-11-9-7-2/h9,11,14-15,17-18,24,27,36-37H,6-8,10,12-13,16,19-23,25-26,28-35H2,1-5H3/b11-9+,15-14+,18-17+,27-24+. The number of esters is 2. The van der Waals surface area contributed by atoms with E-state index >= 15 is 0 Å². The predicted molar refractivity (Wildman–Crippen MR) is 194 cm³/mol. The molecule has 2 atom stereocenters. The third kappa shape index (κ3) is 29.4. The average molecular weight is 676 g/mol. The molecule has 0 heterocycles. The summed E-state index contributed by atoms with van der Waals surface area (Å²) in [6.07, 6.45) is 34.6. The molecule has 276 valence electrons. The van der Waals surface area contributed by atoms with Gasteiger partial charge in [-0.05, 0) is 57.8 Å². The van der Waals surface area contributed by atoms with Crippen LogP contribution >= 0.6 is 0 Å². The normalized spacial score (nSPS) is 13.6. The number of likely N-dealkylation sites (N-methyl/N-ethyl adjacent to an activating group) is 1. The summed E-state index contributed by atoms with van der Waals surface area (Å²) in [5, 5.41) is 11.5. The first-order chi connectivity index (χ1) is 23.1. The molecule has 0 radical (unpaired) electrons. The number of quaternary nitrogens is 1. The maximum absolute atomic E-state index is 12.5. The fourth-order valence-corrected chi connectivity index (χ4v) is 5.04. The summed E-state index contributed by atoms with van der Waals surface area (Å²) >= 11 is 0. The molecule has 8 heteroatoms. The molecule has 0 aromatic carbocycles. The highest BCUT2D eigenvalue weighted by Gasteiger charge is 2.25. The Labute approximate surface area is 293 Å². The van der Waals surface area contributed by atoms with Gasteiger partial charge in [0.05, 0.1) is 40.3 Å². The van der Waals surface area contributed by atoms with E-state index in [1.54, 1.807) is 21.1 Å². The lowest BCUT2D eigenvalue weighted by molar-refractivity contribution is -0.889.